The normalized spacial score (nSPS) is 32.6. The van der Waals surface area contributed by atoms with E-state index in [2.05, 4.69) is 95.1 Å². The van der Waals surface area contributed by atoms with Gasteiger partial charge in [0.1, 0.15) is 28.0 Å². The number of benzene rings is 2. The fraction of sp³-hybridized carbons (Fsp3) is 0.444. The van der Waals surface area contributed by atoms with Crippen LogP contribution in [0.5, 0.6) is 23.0 Å². The smallest absolute Gasteiger partial charge is 0.287 e. The zero-order chi connectivity index (χ0) is 43.7. The van der Waals surface area contributed by atoms with Gasteiger partial charge in [0, 0.05) is 42.9 Å². The summed E-state index contributed by atoms with van der Waals surface area (Å²) in [6, 6.07) is 4.47. The number of nitrogens with zero attached hydrogens (tertiary/aromatic N) is 3. The Labute approximate surface area is 374 Å². The van der Waals surface area contributed by atoms with E-state index in [1.165, 1.54) is 12.1 Å². The van der Waals surface area contributed by atoms with E-state index in [-0.39, 0.29) is 58.3 Å². The van der Waals surface area contributed by atoms with E-state index < -0.39 is 102 Å². The quantitative estimate of drug-likeness (QED) is 0.0776. The number of amides is 3. The van der Waals surface area contributed by atoms with Gasteiger partial charge in [-0.25, -0.2) is 0 Å². The van der Waals surface area contributed by atoms with Crippen LogP contribution < -0.4 is 30.2 Å². The number of rotatable bonds is 0. The average molecular weight is 1100 g/mol. The van der Waals surface area contributed by atoms with Crippen molar-refractivity contribution in [3.05, 3.63) is 54.9 Å². The molecule has 60 heavy (non-hydrogen) atoms. The van der Waals surface area contributed by atoms with Crippen molar-refractivity contribution >= 4 is 98.6 Å². The van der Waals surface area contributed by atoms with Crippen molar-refractivity contribution < 1.29 is 69.4 Å². The van der Waals surface area contributed by atoms with Gasteiger partial charge in [0.25, 0.3) is 23.5 Å². The van der Waals surface area contributed by atoms with Crippen molar-refractivity contribution in [1.82, 2.24) is 16.0 Å². The topological polar surface area (TPSA) is 303 Å². The summed E-state index contributed by atoms with van der Waals surface area (Å²) in [6.07, 6.45) is -5.48. The molecule has 8 atom stereocenters. The monoisotopic (exact) mass is 1090 g/mol. The molecule has 2 aromatic rings. The van der Waals surface area contributed by atoms with E-state index >= 15 is 0 Å². The van der Waals surface area contributed by atoms with Crippen LogP contribution in [0, 0.1) is 0 Å². The molecule has 0 radical (unpaired) electrons. The number of aliphatic hydroxyl groups excluding tert-OH is 3. The molecule has 0 saturated carbocycles. The molecular formula is C36H38Br4N6O14. The van der Waals surface area contributed by atoms with Gasteiger partial charge < -0.3 is 70.9 Å². The number of alkyl halides is 1. The molecule has 0 saturated heterocycles. The van der Waals surface area contributed by atoms with Crippen LogP contribution in [0.3, 0.4) is 0 Å². The summed E-state index contributed by atoms with van der Waals surface area (Å²) in [7, 11) is 0. The van der Waals surface area contributed by atoms with Crippen LogP contribution in [0.15, 0.2) is 59.2 Å². The Morgan fingerprint density at radius 2 is 1.58 bits per heavy atom. The summed E-state index contributed by atoms with van der Waals surface area (Å²) in [5, 5.41) is 92.9. The highest BCUT2D eigenvalue weighted by Gasteiger charge is 2.60. The second kappa shape index (κ2) is 18.5. The van der Waals surface area contributed by atoms with E-state index in [0.717, 1.165) is 6.08 Å². The number of hydrogen-bond acceptors (Lipinski definition) is 17. The van der Waals surface area contributed by atoms with Gasteiger partial charge in [-0.15, -0.1) is 0 Å². The number of aliphatic hydroxyl groups is 4. The lowest BCUT2D eigenvalue weighted by atomic mass is 9.81. The first kappa shape index (κ1) is 45.5. The molecule has 0 fully saturated rings. The van der Waals surface area contributed by atoms with Crippen LogP contribution in [-0.2, 0) is 25.6 Å². The average Bonchev–Trinajstić information content (AvgIpc) is 3.61. The molecular weight excluding hydrogens is 1060 g/mol. The first-order valence-electron chi connectivity index (χ1n) is 18.1. The predicted octanol–water partition coefficient (Wildman–Crippen LogP) is 1.58. The number of aromatic hydroxyl groups is 1. The third-order valence-electron chi connectivity index (χ3n) is 10.1. The molecule has 1 aliphatic carbocycles. The summed E-state index contributed by atoms with van der Waals surface area (Å²) in [4.78, 5) is 45.0. The first-order valence-corrected chi connectivity index (χ1v) is 21.4. The number of oxime groups is 3. The lowest BCUT2D eigenvalue weighted by molar-refractivity contribution is -0.141. The van der Waals surface area contributed by atoms with Crippen LogP contribution in [-0.4, -0.2) is 138 Å². The van der Waals surface area contributed by atoms with Crippen LogP contribution >= 0.6 is 63.7 Å². The van der Waals surface area contributed by atoms with Crippen LogP contribution in [0.2, 0.25) is 0 Å². The molecule has 1 unspecified atom stereocenters. The van der Waals surface area contributed by atoms with Crippen LogP contribution in [0.4, 0.5) is 0 Å². The predicted molar refractivity (Wildman–Crippen MR) is 223 cm³/mol. The summed E-state index contributed by atoms with van der Waals surface area (Å²) < 4.78 is 19.5. The molecule has 7 rings (SSSR count). The Morgan fingerprint density at radius 1 is 0.883 bits per heavy atom. The molecule has 5 aliphatic rings. The molecule has 0 aromatic heterocycles. The maximum atomic E-state index is 13.9. The van der Waals surface area contributed by atoms with E-state index in [1.54, 1.807) is 19.1 Å². The molecule has 324 valence electrons. The second-order valence-electron chi connectivity index (χ2n) is 14.2. The van der Waals surface area contributed by atoms with Crippen molar-refractivity contribution in [1.29, 1.82) is 0 Å². The summed E-state index contributed by atoms with van der Waals surface area (Å²) in [5.74, 6) is -5.35. The number of fused-ring (bicyclic) bond motifs is 9. The number of ether oxygens (including phenoxy) is 3. The van der Waals surface area contributed by atoms with Crippen molar-refractivity contribution in [2.75, 3.05) is 26.2 Å². The van der Waals surface area contributed by atoms with Gasteiger partial charge in [0.15, 0.2) is 34.8 Å². The van der Waals surface area contributed by atoms with Gasteiger partial charge in [-0.2, -0.15) is 0 Å². The lowest BCUT2D eigenvalue weighted by Gasteiger charge is -2.43. The Hall–Kier alpha value is -4.04. The number of hydrogen-bond donors (Lipinski definition) is 10. The second-order valence-corrected chi connectivity index (χ2v) is 17.6. The molecule has 4 heterocycles. The maximum Gasteiger partial charge on any atom is 0.287 e. The van der Waals surface area contributed by atoms with Gasteiger partial charge in [0.2, 0.25) is 0 Å². The summed E-state index contributed by atoms with van der Waals surface area (Å²) in [5.41, 5.74) is -2.89. The minimum Gasteiger partial charge on any atom is -0.504 e. The van der Waals surface area contributed by atoms with Crippen molar-refractivity contribution in [3.8, 4) is 23.0 Å². The Morgan fingerprint density at radius 3 is 2.27 bits per heavy atom. The number of carbonyl (C=O) groups is 3. The number of halogens is 4. The summed E-state index contributed by atoms with van der Waals surface area (Å²) in [6.45, 7) is 0.467. The van der Waals surface area contributed by atoms with Crippen LogP contribution in [0.1, 0.15) is 36.8 Å². The Bertz CT molecular complexity index is 2180. The SMILES string of the molecule is CC1/C(=N\O)C(=O)NCCCOc2c(O)cc(c(Br)c2Br)C/C2=N\O[C@@H]3[C@H](Br)[C@@]4(C=C[C@@]3(O)C/C(=N\O)C(=O)NC[C@@H](O)[C@@H](O)[C@H](O)CNC2=O)Oc2cc1cc(Br)c2O4. The van der Waals surface area contributed by atoms with E-state index in [9.17, 15) is 50.3 Å². The third kappa shape index (κ3) is 9.10. The summed E-state index contributed by atoms with van der Waals surface area (Å²) >= 11 is 13.9. The molecule has 20 nitrogen and oxygen atoms in total. The van der Waals surface area contributed by atoms with E-state index in [0.29, 0.717) is 14.5 Å². The fourth-order valence-electron chi connectivity index (χ4n) is 6.68. The first-order chi connectivity index (χ1) is 28.4. The number of carbonyl (C=O) groups excluding carboxylic acids is 3. The highest BCUT2D eigenvalue weighted by Crippen LogP contribution is 2.52. The molecule has 7 bridgehead atoms. The highest BCUT2D eigenvalue weighted by molar-refractivity contribution is 9.13. The Balaban J connectivity index is 1.50. The third-order valence-corrected chi connectivity index (χ3v) is 14.0. The standard InChI is InChI=1S/C36H38Br4N6O14/c1-14-15-7-17(37)28-23(10-15)58-36(59-28)4-3-35(54)11-19(44-55)33(52)43-13-22(49)27(50)21(48)12-42-32(51)18(46-60-31(35)30(36)40)8-16-9-20(47)29(25(39)24(16)38)57-6-2-5-41-34(53)26(14)45-56/h3-4,7,9-10,14,21-22,27,30-31,47-50,54-56H,2,5-6,8,11-13H2,1H3,(H,41,53)(H,42,51)(H,43,52)/b44-19+,45-26+,46-18+/t14?,21-,22-,27+,30+,31-,35-,36+/m1/s1. The van der Waals surface area contributed by atoms with Crippen molar-refractivity contribution in [2.24, 2.45) is 15.5 Å². The maximum absolute atomic E-state index is 13.9. The minimum absolute atomic E-state index is 0.0124. The van der Waals surface area contributed by atoms with Crippen molar-refractivity contribution in [3.63, 3.8) is 0 Å². The van der Waals surface area contributed by atoms with Gasteiger partial charge >= 0.3 is 0 Å². The molecule has 2 aromatic carbocycles. The number of β-amino-alcohol motifs (C(OH)–C–C–N with tert-alkyl or cyclic N) is 2. The number of nitrogens with one attached hydrogen (secondary N) is 3. The minimum atomic E-state index is -2.31. The molecule has 1 spiro atoms. The van der Waals surface area contributed by atoms with E-state index in [4.69, 9.17) is 19.0 Å². The van der Waals surface area contributed by atoms with Crippen molar-refractivity contribution in [2.45, 2.75) is 72.7 Å². The number of phenols is 1. The van der Waals surface area contributed by atoms with Gasteiger partial charge in [-0.3, -0.25) is 14.4 Å². The van der Waals surface area contributed by atoms with E-state index in [1.807, 2.05) is 0 Å². The molecule has 4 aliphatic heterocycles. The molecule has 3 amide bonds. The highest BCUT2D eigenvalue weighted by atomic mass is 79.9. The van der Waals surface area contributed by atoms with Gasteiger partial charge in [-0.1, -0.05) is 38.3 Å². The zero-order valence-corrected chi connectivity index (χ0v) is 37.5. The Kier molecular flexibility index (Phi) is 14.0. The fourth-order valence-corrected chi connectivity index (χ4v) is 9.12. The molecule has 24 heteroatoms. The molecule has 10 N–H and O–H groups in total. The number of phenolic OH excluding ortho intramolecular Hbond substituents is 1. The largest absolute Gasteiger partial charge is 0.504 e. The zero-order valence-electron chi connectivity index (χ0n) is 31.1. The van der Waals surface area contributed by atoms with Gasteiger partial charge in [0.05, 0.1) is 27.8 Å². The van der Waals surface area contributed by atoms with Gasteiger partial charge in [-0.05, 0) is 95.7 Å². The lowest BCUT2D eigenvalue weighted by Crippen LogP contribution is -2.62. The van der Waals surface area contributed by atoms with Crippen LogP contribution in [0.25, 0.3) is 0 Å².